The van der Waals surface area contributed by atoms with Crippen molar-refractivity contribution in [2.24, 2.45) is 0 Å². The van der Waals surface area contributed by atoms with Crippen molar-refractivity contribution in [3.05, 3.63) is 88.7 Å². The zero-order valence-electron chi connectivity index (χ0n) is 20.0. The highest BCUT2D eigenvalue weighted by atomic mass is 16.5. The number of hydrogen-bond acceptors (Lipinski definition) is 4. The van der Waals surface area contributed by atoms with Crippen LogP contribution in [0.15, 0.2) is 60.7 Å². The predicted molar refractivity (Wildman–Crippen MR) is 135 cm³/mol. The summed E-state index contributed by atoms with van der Waals surface area (Å²) in [5, 5.41) is 9.95. The molecule has 0 radical (unpaired) electrons. The normalized spacial score (nSPS) is 11.8. The molecule has 174 valence electrons. The van der Waals surface area contributed by atoms with Crippen molar-refractivity contribution in [1.82, 2.24) is 9.55 Å². The van der Waals surface area contributed by atoms with Crippen LogP contribution in [0, 0.1) is 6.92 Å². The van der Waals surface area contributed by atoms with Gasteiger partial charge in [-0.15, -0.1) is 0 Å². The van der Waals surface area contributed by atoms with E-state index < -0.39 is 5.97 Å². The maximum Gasteiger partial charge on any atom is 0.336 e. The van der Waals surface area contributed by atoms with E-state index in [0.717, 1.165) is 39.3 Å². The first-order valence-corrected chi connectivity index (χ1v) is 11.1. The molecule has 0 atom stereocenters. The largest absolute Gasteiger partial charge is 0.497 e. The lowest BCUT2D eigenvalue weighted by Gasteiger charge is -2.16. The number of aryl methyl sites for hydroxylation is 1. The van der Waals surface area contributed by atoms with Gasteiger partial charge in [0.2, 0.25) is 0 Å². The van der Waals surface area contributed by atoms with Crippen molar-refractivity contribution in [3.63, 3.8) is 0 Å². The van der Waals surface area contributed by atoms with Crippen LogP contribution in [0.4, 0.5) is 0 Å². The molecule has 4 rings (SSSR count). The predicted octanol–water partition coefficient (Wildman–Crippen LogP) is 6.23. The van der Waals surface area contributed by atoms with E-state index in [1.165, 1.54) is 0 Å². The summed E-state index contributed by atoms with van der Waals surface area (Å²) in [5.74, 6) is 1.04. The van der Waals surface area contributed by atoms with Gasteiger partial charge in [-0.2, -0.15) is 0 Å². The number of aromatic nitrogens is 2. The van der Waals surface area contributed by atoms with Gasteiger partial charge in [0.1, 0.15) is 17.3 Å². The average Bonchev–Trinajstić information content (AvgIpc) is 3.19. The third kappa shape index (κ3) is 4.39. The van der Waals surface area contributed by atoms with E-state index in [1.807, 2.05) is 42.5 Å². The molecule has 6 nitrogen and oxygen atoms in total. The summed E-state index contributed by atoms with van der Waals surface area (Å²) < 4.78 is 12.9. The van der Waals surface area contributed by atoms with Crippen molar-refractivity contribution >= 4 is 28.7 Å². The number of methoxy groups -OCH3 is 2. The van der Waals surface area contributed by atoms with E-state index in [0.29, 0.717) is 11.3 Å². The van der Waals surface area contributed by atoms with Crippen molar-refractivity contribution < 1.29 is 19.4 Å². The summed E-state index contributed by atoms with van der Waals surface area (Å²) in [4.78, 5) is 17.1. The van der Waals surface area contributed by atoms with Gasteiger partial charge in [-0.25, -0.2) is 9.78 Å². The van der Waals surface area contributed by atoms with Crippen molar-refractivity contribution in [1.29, 1.82) is 0 Å². The van der Waals surface area contributed by atoms with E-state index in [4.69, 9.17) is 14.5 Å². The summed E-state index contributed by atoms with van der Waals surface area (Å²) in [6.45, 7) is 6.29. The van der Waals surface area contributed by atoms with E-state index >= 15 is 0 Å². The first kappa shape index (κ1) is 23.1. The first-order valence-electron chi connectivity index (χ1n) is 11.1. The Hall–Kier alpha value is -4.06. The second-order valence-electron chi connectivity index (χ2n) is 8.43. The zero-order chi connectivity index (χ0) is 24.4. The molecule has 0 fully saturated rings. The van der Waals surface area contributed by atoms with Gasteiger partial charge in [-0.3, -0.25) is 0 Å². The minimum absolute atomic E-state index is 0.152. The molecule has 1 N–H and O–H groups in total. The van der Waals surface area contributed by atoms with Crippen LogP contribution in [0.5, 0.6) is 11.5 Å². The maximum absolute atomic E-state index is 12.2. The standard InChI is InChI=1S/C28H28N2O4/c1-17(2)30-26-14-18(3)6-13-25(26)29-27(30)16-23(19-7-9-20(33-4)10-8-19)24-15-21(34-5)11-12-22(24)28(31)32/h6-17H,1-5H3,(H,31,32). The second kappa shape index (κ2) is 9.43. The molecule has 0 amide bonds. The minimum atomic E-state index is -1.01. The highest BCUT2D eigenvalue weighted by molar-refractivity contribution is 6.01. The van der Waals surface area contributed by atoms with Crippen LogP contribution in [-0.2, 0) is 0 Å². The van der Waals surface area contributed by atoms with Crippen LogP contribution in [0.1, 0.15) is 52.8 Å². The van der Waals surface area contributed by atoms with Crippen molar-refractivity contribution in [3.8, 4) is 11.5 Å². The number of nitrogens with zero attached hydrogens (tertiary/aromatic N) is 2. The van der Waals surface area contributed by atoms with Gasteiger partial charge in [0.15, 0.2) is 0 Å². The molecular weight excluding hydrogens is 428 g/mol. The molecule has 0 aliphatic rings. The number of carbonyl (C=O) groups is 1. The van der Waals surface area contributed by atoms with Crippen LogP contribution in [0.25, 0.3) is 22.7 Å². The Morgan fingerprint density at radius 2 is 1.62 bits per heavy atom. The molecule has 0 saturated carbocycles. The number of benzene rings is 3. The van der Waals surface area contributed by atoms with Gasteiger partial charge < -0.3 is 19.1 Å². The Morgan fingerprint density at radius 1 is 0.941 bits per heavy atom. The highest BCUT2D eigenvalue weighted by Crippen LogP contribution is 2.34. The molecule has 1 aromatic heterocycles. The van der Waals surface area contributed by atoms with Gasteiger partial charge in [0.05, 0.1) is 30.8 Å². The van der Waals surface area contributed by atoms with Gasteiger partial charge in [0, 0.05) is 11.6 Å². The third-order valence-corrected chi connectivity index (χ3v) is 5.81. The van der Waals surface area contributed by atoms with Crippen LogP contribution >= 0.6 is 0 Å². The Morgan fingerprint density at radius 3 is 2.24 bits per heavy atom. The molecule has 0 unspecified atom stereocenters. The van der Waals surface area contributed by atoms with E-state index in [1.54, 1.807) is 32.4 Å². The third-order valence-electron chi connectivity index (χ3n) is 5.81. The van der Waals surface area contributed by atoms with Crippen LogP contribution in [0.3, 0.4) is 0 Å². The summed E-state index contributed by atoms with van der Waals surface area (Å²) in [5.41, 5.74) is 5.40. The highest BCUT2D eigenvalue weighted by Gasteiger charge is 2.19. The number of hydrogen-bond donors (Lipinski definition) is 1. The Bertz CT molecular complexity index is 1380. The smallest absolute Gasteiger partial charge is 0.336 e. The van der Waals surface area contributed by atoms with Crippen LogP contribution in [-0.4, -0.2) is 34.8 Å². The number of rotatable bonds is 7. The second-order valence-corrected chi connectivity index (χ2v) is 8.43. The molecule has 4 aromatic rings. The van der Waals surface area contributed by atoms with Gasteiger partial charge in [-0.1, -0.05) is 18.2 Å². The van der Waals surface area contributed by atoms with Gasteiger partial charge in [0.25, 0.3) is 0 Å². The fourth-order valence-corrected chi connectivity index (χ4v) is 4.14. The summed E-state index contributed by atoms with van der Waals surface area (Å²) in [6.07, 6.45) is 1.96. The van der Waals surface area contributed by atoms with Gasteiger partial charge in [-0.05, 0) is 86.0 Å². The fourth-order valence-electron chi connectivity index (χ4n) is 4.14. The number of aromatic carboxylic acids is 1. The number of carboxylic acid groups (broad SMARTS) is 1. The van der Waals surface area contributed by atoms with Gasteiger partial charge >= 0.3 is 5.97 Å². The van der Waals surface area contributed by atoms with E-state index in [-0.39, 0.29) is 11.6 Å². The fraction of sp³-hybridized carbons (Fsp3) is 0.214. The lowest BCUT2D eigenvalue weighted by molar-refractivity contribution is 0.0696. The summed E-state index contributed by atoms with van der Waals surface area (Å²) >= 11 is 0. The molecule has 0 aliphatic carbocycles. The van der Waals surface area contributed by atoms with E-state index in [2.05, 4.69) is 31.4 Å². The molecule has 1 heterocycles. The molecule has 6 heteroatoms. The number of fused-ring (bicyclic) bond motifs is 1. The lowest BCUT2D eigenvalue weighted by Crippen LogP contribution is -2.06. The van der Waals surface area contributed by atoms with E-state index in [9.17, 15) is 9.90 Å². The number of imidazole rings is 1. The molecule has 34 heavy (non-hydrogen) atoms. The number of carboxylic acids is 1. The topological polar surface area (TPSA) is 73.6 Å². The monoisotopic (exact) mass is 456 g/mol. The molecule has 0 spiro atoms. The molecule has 3 aromatic carbocycles. The summed E-state index contributed by atoms with van der Waals surface area (Å²) in [7, 11) is 3.18. The Kier molecular flexibility index (Phi) is 6.41. The lowest BCUT2D eigenvalue weighted by atomic mass is 9.93. The SMILES string of the molecule is COc1ccc(C(=Cc2nc3ccc(C)cc3n2C(C)C)c2cc(OC)ccc2C(=O)O)cc1. The van der Waals surface area contributed by atoms with Crippen LogP contribution < -0.4 is 9.47 Å². The minimum Gasteiger partial charge on any atom is -0.497 e. The Labute approximate surface area is 199 Å². The quantitative estimate of drug-likeness (QED) is 0.357. The zero-order valence-corrected chi connectivity index (χ0v) is 20.0. The summed E-state index contributed by atoms with van der Waals surface area (Å²) in [6, 6.07) is 18.9. The molecule has 0 saturated heterocycles. The van der Waals surface area contributed by atoms with Crippen molar-refractivity contribution in [2.75, 3.05) is 14.2 Å². The van der Waals surface area contributed by atoms with Crippen molar-refractivity contribution in [2.45, 2.75) is 26.8 Å². The first-order chi connectivity index (χ1) is 16.3. The molecule has 0 aliphatic heterocycles. The Balaban J connectivity index is 2.04. The average molecular weight is 457 g/mol. The number of ether oxygens (including phenoxy) is 2. The molecular formula is C28H28N2O4. The molecule has 0 bridgehead atoms. The maximum atomic E-state index is 12.2. The van der Waals surface area contributed by atoms with Crippen LogP contribution in [0.2, 0.25) is 0 Å².